The second-order valence-corrected chi connectivity index (χ2v) is 4.61. The van der Waals surface area contributed by atoms with Gasteiger partial charge in [-0.15, -0.1) is 0 Å². The molecule has 2 N–H and O–H groups in total. The predicted molar refractivity (Wildman–Crippen MR) is 63.9 cm³/mol. The molecule has 5 heteroatoms. The van der Waals surface area contributed by atoms with Gasteiger partial charge in [0.2, 0.25) is 0 Å². The summed E-state index contributed by atoms with van der Waals surface area (Å²) in [5, 5.41) is 11.8. The highest BCUT2D eigenvalue weighted by atomic mass is 79.9. The quantitative estimate of drug-likeness (QED) is 0.896. The maximum Gasteiger partial charge on any atom is 0.303 e. The van der Waals surface area contributed by atoms with Crippen LogP contribution in [-0.2, 0) is 4.79 Å². The zero-order valence-corrected chi connectivity index (χ0v) is 10.2. The van der Waals surface area contributed by atoms with Gasteiger partial charge >= 0.3 is 5.97 Å². The second-order valence-electron chi connectivity index (χ2n) is 3.69. The molecular weight excluding hydrogens is 274 g/mol. The number of hydrogen-bond acceptors (Lipinski definition) is 3. The van der Waals surface area contributed by atoms with Crippen molar-refractivity contribution in [2.75, 3.05) is 11.9 Å². The number of nitrogens with one attached hydrogen (secondary N) is 1. The maximum absolute atomic E-state index is 10.5. The van der Waals surface area contributed by atoms with Crippen molar-refractivity contribution in [2.24, 2.45) is 0 Å². The Hall–Kier alpha value is -1.23. The highest BCUT2D eigenvalue weighted by Crippen LogP contribution is 2.32. The predicted octanol–water partition coefficient (Wildman–Crippen LogP) is 2.49. The molecule has 0 amide bonds. The van der Waals surface area contributed by atoms with Crippen molar-refractivity contribution in [1.29, 1.82) is 0 Å². The van der Waals surface area contributed by atoms with Gasteiger partial charge in [-0.2, -0.15) is 0 Å². The molecule has 0 saturated heterocycles. The number of fused-ring (bicyclic) bond motifs is 1. The molecule has 0 spiro atoms. The molecule has 0 radical (unpaired) electrons. The van der Waals surface area contributed by atoms with Crippen molar-refractivity contribution in [2.45, 2.75) is 18.9 Å². The smallest absolute Gasteiger partial charge is 0.303 e. The van der Waals surface area contributed by atoms with E-state index in [9.17, 15) is 4.79 Å². The summed E-state index contributed by atoms with van der Waals surface area (Å²) in [4.78, 5) is 10.5. The Morgan fingerprint density at radius 2 is 2.44 bits per heavy atom. The summed E-state index contributed by atoms with van der Waals surface area (Å²) >= 11 is 3.38. The third-order valence-electron chi connectivity index (χ3n) is 2.44. The van der Waals surface area contributed by atoms with Gasteiger partial charge in [0.05, 0.1) is 12.2 Å². The Balaban J connectivity index is 2.01. The number of aliphatic carboxylic acids is 1. The second kappa shape index (κ2) is 4.74. The van der Waals surface area contributed by atoms with Gasteiger partial charge in [-0.25, -0.2) is 0 Å². The number of halogens is 1. The van der Waals surface area contributed by atoms with E-state index < -0.39 is 5.97 Å². The molecule has 16 heavy (non-hydrogen) atoms. The van der Waals surface area contributed by atoms with Crippen LogP contribution in [0.2, 0.25) is 0 Å². The molecule has 0 bridgehead atoms. The molecule has 1 heterocycles. The number of anilines is 1. The molecule has 1 unspecified atom stereocenters. The molecule has 0 fully saturated rings. The first-order valence-corrected chi connectivity index (χ1v) is 5.86. The Labute approximate surface area is 102 Å². The Bertz CT molecular complexity index is 408. The van der Waals surface area contributed by atoms with Crippen LogP contribution < -0.4 is 10.1 Å². The SMILES string of the molecule is O=C(O)CCC1CNc2cc(Br)ccc2O1. The lowest BCUT2D eigenvalue weighted by molar-refractivity contribution is -0.137. The van der Waals surface area contributed by atoms with Crippen LogP contribution in [0.1, 0.15) is 12.8 Å². The summed E-state index contributed by atoms with van der Waals surface area (Å²) in [6, 6.07) is 5.72. The third-order valence-corrected chi connectivity index (χ3v) is 2.93. The number of benzene rings is 1. The van der Waals surface area contributed by atoms with Gasteiger partial charge in [0, 0.05) is 10.9 Å². The zero-order valence-electron chi connectivity index (χ0n) is 8.57. The third kappa shape index (κ3) is 2.66. The first-order valence-electron chi connectivity index (χ1n) is 5.07. The number of rotatable bonds is 3. The lowest BCUT2D eigenvalue weighted by atomic mass is 10.1. The maximum atomic E-state index is 10.5. The van der Waals surface area contributed by atoms with Gasteiger partial charge in [0.1, 0.15) is 11.9 Å². The summed E-state index contributed by atoms with van der Waals surface area (Å²) < 4.78 is 6.68. The van der Waals surface area contributed by atoms with E-state index >= 15 is 0 Å². The summed E-state index contributed by atoms with van der Waals surface area (Å²) in [5.41, 5.74) is 0.945. The van der Waals surface area contributed by atoms with Gasteiger partial charge < -0.3 is 15.2 Å². The van der Waals surface area contributed by atoms with E-state index in [0.717, 1.165) is 15.9 Å². The lowest BCUT2D eigenvalue weighted by Crippen LogP contribution is -2.31. The standard InChI is InChI=1S/C11H12BrNO3/c12-7-1-3-10-9(5-7)13-6-8(16-10)2-4-11(14)15/h1,3,5,8,13H,2,4,6H2,(H,14,15). The van der Waals surface area contributed by atoms with E-state index in [4.69, 9.17) is 9.84 Å². The summed E-state index contributed by atoms with van der Waals surface area (Å²) in [6.45, 7) is 0.650. The van der Waals surface area contributed by atoms with Crippen LogP contribution >= 0.6 is 15.9 Å². The first-order chi connectivity index (χ1) is 7.65. The molecular formula is C11H12BrNO3. The lowest BCUT2D eigenvalue weighted by Gasteiger charge is -2.27. The van der Waals surface area contributed by atoms with Crippen molar-refractivity contribution in [1.82, 2.24) is 0 Å². The van der Waals surface area contributed by atoms with Gasteiger partial charge in [-0.05, 0) is 24.6 Å². The fourth-order valence-corrected chi connectivity index (χ4v) is 1.99. The highest BCUT2D eigenvalue weighted by molar-refractivity contribution is 9.10. The highest BCUT2D eigenvalue weighted by Gasteiger charge is 2.19. The molecule has 2 rings (SSSR count). The molecule has 0 aliphatic carbocycles. The van der Waals surface area contributed by atoms with Crippen LogP contribution in [-0.4, -0.2) is 23.7 Å². The van der Waals surface area contributed by atoms with Crippen molar-refractivity contribution >= 4 is 27.6 Å². The number of carboxylic acid groups (broad SMARTS) is 1. The van der Waals surface area contributed by atoms with Crippen LogP contribution in [0.25, 0.3) is 0 Å². The van der Waals surface area contributed by atoms with Gasteiger partial charge in [-0.1, -0.05) is 15.9 Å². The van der Waals surface area contributed by atoms with E-state index in [-0.39, 0.29) is 12.5 Å². The van der Waals surface area contributed by atoms with E-state index in [2.05, 4.69) is 21.2 Å². The summed E-state index contributed by atoms with van der Waals surface area (Å²) in [6.07, 6.45) is 0.598. The normalized spacial score (nSPS) is 18.2. The summed E-state index contributed by atoms with van der Waals surface area (Å²) in [7, 11) is 0. The molecule has 1 aromatic rings. The van der Waals surface area contributed by atoms with Gasteiger partial charge in [0.15, 0.2) is 0 Å². The number of hydrogen-bond donors (Lipinski definition) is 2. The Kier molecular flexibility index (Phi) is 3.33. The minimum Gasteiger partial charge on any atom is -0.486 e. The average molecular weight is 286 g/mol. The average Bonchev–Trinajstić information content (AvgIpc) is 2.26. The van der Waals surface area contributed by atoms with Crippen molar-refractivity contribution in [3.8, 4) is 5.75 Å². The molecule has 86 valence electrons. The fraction of sp³-hybridized carbons (Fsp3) is 0.364. The Morgan fingerprint density at radius 1 is 1.62 bits per heavy atom. The van der Waals surface area contributed by atoms with E-state index in [1.54, 1.807) is 0 Å². The van der Waals surface area contributed by atoms with Crippen LogP contribution in [0, 0.1) is 0 Å². The topological polar surface area (TPSA) is 58.6 Å². The van der Waals surface area contributed by atoms with Crippen molar-refractivity contribution < 1.29 is 14.6 Å². The van der Waals surface area contributed by atoms with Crippen LogP contribution in [0.3, 0.4) is 0 Å². The minimum atomic E-state index is -0.787. The first kappa shape index (κ1) is 11.3. The number of ether oxygens (including phenoxy) is 1. The van der Waals surface area contributed by atoms with Crippen molar-refractivity contribution in [3.63, 3.8) is 0 Å². The number of carbonyl (C=O) groups is 1. The van der Waals surface area contributed by atoms with E-state index in [1.807, 2.05) is 18.2 Å². The fourth-order valence-electron chi connectivity index (χ4n) is 1.63. The molecule has 1 atom stereocenters. The largest absolute Gasteiger partial charge is 0.486 e. The van der Waals surface area contributed by atoms with Crippen LogP contribution in [0.15, 0.2) is 22.7 Å². The number of carboxylic acids is 1. The molecule has 1 aromatic carbocycles. The van der Waals surface area contributed by atoms with E-state index in [0.29, 0.717) is 13.0 Å². The van der Waals surface area contributed by atoms with Crippen molar-refractivity contribution in [3.05, 3.63) is 22.7 Å². The van der Waals surface area contributed by atoms with Crippen LogP contribution in [0.4, 0.5) is 5.69 Å². The molecule has 0 saturated carbocycles. The Morgan fingerprint density at radius 3 is 3.19 bits per heavy atom. The van der Waals surface area contributed by atoms with Crippen LogP contribution in [0.5, 0.6) is 5.75 Å². The monoisotopic (exact) mass is 285 g/mol. The summed E-state index contributed by atoms with van der Waals surface area (Å²) in [5.74, 6) is -0.00459. The van der Waals surface area contributed by atoms with Gasteiger partial charge in [0.25, 0.3) is 0 Å². The van der Waals surface area contributed by atoms with Gasteiger partial charge in [-0.3, -0.25) is 4.79 Å². The van der Waals surface area contributed by atoms with E-state index in [1.165, 1.54) is 0 Å². The molecule has 1 aliphatic rings. The minimum absolute atomic E-state index is 0.0650. The molecule has 1 aliphatic heterocycles. The molecule has 4 nitrogen and oxygen atoms in total. The molecule has 0 aromatic heterocycles. The zero-order chi connectivity index (χ0) is 11.5.